The molecule has 3 N–H and O–H groups in total. The number of morpholine rings is 1. The lowest BCUT2D eigenvalue weighted by Crippen LogP contribution is -2.45. The number of nitrogens with two attached hydrogens (primary N) is 1. The van der Waals surface area contributed by atoms with Gasteiger partial charge in [0.05, 0.1) is 19.8 Å². The van der Waals surface area contributed by atoms with E-state index < -0.39 is 0 Å². The standard InChI is InChI=1S/C11H24N4O/c1-11(2,3)14-10(12)13-4-5-15-6-8-16-9-7-15/h4-9H2,1-3H3,(H3,12,13,14). The van der Waals surface area contributed by atoms with Crippen molar-refractivity contribution in [2.45, 2.75) is 26.3 Å². The average molecular weight is 228 g/mol. The number of ether oxygens (including phenoxy) is 1. The molecule has 0 spiro atoms. The largest absolute Gasteiger partial charge is 0.379 e. The second kappa shape index (κ2) is 6.06. The predicted octanol–water partition coefficient (Wildman–Crippen LogP) is 0.0214. The van der Waals surface area contributed by atoms with Gasteiger partial charge in [-0.1, -0.05) is 0 Å². The number of nitrogens with zero attached hydrogens (tertiary/aromatic N) is 2. The van der Waals surface area contributed by atoms with E-state index in [1.807, 2.05) is 0 Å². The Morgan fingerprint density at radius 2 is 2.00 bits per heavy atom. The zero-order valence-corrected chi connectivity index (χ0v) is 10.6. The molecule has 0 unspecified atom stereocenters. The first-order chi connectivity index (χ1) is 7.47. The fourth-order valence-corrected chi connectivity index (χ4v) is 1.56. The first-order valence-corrected chi connectivity index (χ1v) is 5.85. The van der Waals surface area contributed by atoms with Crippen LogP contribution in [0.4, 0.5) is 0 Å². The summed E-state index contributed by atoms with van der Waals surface area (Å²) < 4.78 is 5.28. The van der Waals surface area contributed by atoms with Crippen LogP contribution in [-0.4, -0.2) is 55.8 Å². The SMILES string of the molecule is CC(C)(C)NC(N)=NCCN1CCOCC1. The second-order valence-electron chi connectivity index (χ2n) is 5.10. The number of guanidine groups is 1. The molecule has 5 heteroatoms. The van der Waals surface area contributed by atoms with E-state index in [1.165, 1.54) is 0 Å². The monoisotopic (exact) mass is 228 g/mol. The van der Waals surface area contributed by atoms with E-state index in [4.69, 9.17) is 10.5 Å². The van der Waals surface area contributed by atoms with E-state index in [0.29, 0.717) is 5.96 Å². The maximum absolute atomic E-state index is 5.77. The van der Waals surface area contributed by atoms with Crippen molar-refractivity contribution >= 4 is 5.96 Å². The van der Waals surface area contributed by atoms with Crippen LogP contribution in [0.2, 0.25) is 0 Å². The lowest BCUT2D eigenvalue weighted by Gasteiger charge is -2.26. The first-order valence-electron chi connectivity index (χ1n) is 5.85. The number of aliphatic imine (C=N–C) groups is 1. The molecule has 0 radical (unpaired) electrons. The third kappa shape index (κ3) is 5.92. The van der Waals surface area contributed by atoms with Crippen LogP contribution < -0.4 is 11.1 Å². The highest BCUT2D eigenvalue weighted by atomic mass is 16.5. The molecular weight excluding hydrogens is 204 g/mol. The molecule has 0 amide bonds. The molecule has 0 atom stereocenters. The molecule has 1 fully saturated rings. The Labute approximate surface area is 98.0 Å². The first kappa shape index (κ1) is 13.3. The second-order valence-corrected chi connectivity index (χ2v) is 5.10. The number of hydrogen-bond donors (Lipinski definition) is 2. The molecule has 1 aliphatic heterocycles. The molecule has 0 aromatic heterocycles. The summed E-state index contributed by atoms with van der Waals surface area (Å²) in [4.78, 5) is 6.65. The van der Waals surface area contributed by atoms with E-state index in [-0.39, 0.29) is 5.54 Å². The fourth-order valence-electron chi connectivity index (χ4n) is 1.56. The molecule has 1 saturated heterocycles. The Hall–Kier alpha value is -0.810. The zero-order chi connectivity index (χ0) is 12.0. The minimum absolute atomic E-state index is 0.0213. The van der Waals surface area contributed by atoms with Gasteiger partial charge >= 0.3 is 0 Å². The van der Waals surface area contributed by atoms with Gasteiger partial charge in [-0.25, -0.2) is 0 Å². The van der Waals surface area contributed by atoms with Crippen LogP contribution in [0.15, 0.2) is 4.99 Å². The van der Waals surface area contributed by atoms with Crippen LogP contribution in [0, 0.1) is 0 Å². The topological polar surface area (TPSA) is 62.9 Å². The van der Waals surface area contributed by atoms with Crippen molar-refractivity contribution in [1.29, 1.82) is 0 Å². The summed E-state index contributed by atoms with van der Waals surface area (Å²) in [5.74, 6) is 0.528. The van der Waals surface area contributed by atoms with E-state index in [2.05, 4.69) is 36.0 Å². The van der Waals surface area contributed by atoms with Gasteiger partial charge in [0.15, 0.2) is 5.96 Å². The average Bonchev–Trinajstić information content (AvgIpc) is 2.16. The Kier molecular flexibility index (Phi) is 5.02. The molecule has 0 aliphatic carbocycles. The summed E-state index contributed by atoms with van der Waals surface area (Å²) in [6, 6.07) is 0. The van der Waals surface area contributed by atoms with Crippen LogP contribution in [0.5, 0.6) is 0 Å². The molecule has 0 saturated carbocycles. The Morgan fingerprint density at radius 1 is 1.38 bits per heavy atom. The Bertz CT molecular complexity index is 229. The molecule has 16 heavy (non-hydrogen) atoms. The van der Waals surface area contributed by atoms with E-state index >= 15 is 0 Å². The van der Waals surface area contributed by atoms with Gasteiger partial charge in [-0.2, -0.15) is 0 Å². The molecular formula is C11H24N4O. The summed E-state index contributed by atoms with van der Waals surface area (Å²) in [5.41, 5.74) is 5.75. The van der Waals surface area contributed by atoms with E-state index in [0.717, 1.165) is 39.4 Å². The van der Waals surface area contributed by atoms with Crippen molar-refractivity contribution in [3.8, 4) is 0 Å². The van der Waals surface area contributed by atoms with Gasteiger partial charge in [0.1, 0.15) is 0 Å². The third-order valence-corrected chi connectivity index (χ3v) is 2.31. The lowest BCUT2D eigenvalue weighted by molar-refractivity contribution is 0.0394. The van der Waals surface area contributed by atoms with Crippen LogP contribution in [0.25, 0.3) is 0 Å². The van der Waals surface area contributed by atoms with Crippen molar-refractivity contribution in [2.24, 2.45) is 10.7 Å². The molecule has 1 aliphatic rings. The van der Waals surface area contributed by atoms with Gasteiger partial charge in [0.2, 0.25) is 0 Å². The quantitative estimate of drug-likeness (QED) is 0.528. The maximum atomic E-state index is 5.77. The highest BCUT2D eigenvalue weighted by molar-refractivity contribution is 5.78. The Morgan fingerprint density at radius 3 is 2.56 bits per heavy atom. The van der Waals surface area contributed by atoms with Gasteiger partial charge in [0, 0.05) is 25.2 Å². The van der Waals surface area contributed by atoms with Crippen molar-refractivity contribution in [3.05, 3.63) is 0 Å². The smallest absolute Gasteiger partial charge is 0.189 e. The zero-order valence-electron chi connectivity index (χ0n) is 10.6. The Balaban J connectivity index is 2.19. The van der Waals surface area contributed by atoms with Gasteiger partial charge in [-0.05, 0) is 20.8 Å². The van der Waals surface area contributed by atoms with E-state index in [9.17, 15) is 0 Å². The van der Waals surface area contributed by atoms with Gasteiger partial charge in [-0.3, -0.25) is 9.89 Å². The molecule has 5 nitrogen and oxygen atoms in total. The molecule has 94 valence electrons. The molecule has 0 aromatic carbocycles. The maximum Gasteiger partial charge on any atom is 0.189 e. The predicted molar refractivity (Wildman–Crippen MR) is 66.6 cm³/mol. The van der Waals surface area contributed by atoms with Gasteiger partial charge < -0.3 is 15.8 Å². The van der Waals surface area contributed by atoms with E-state index in [1.54, 1.807) is 0 Å². The number of hydrogen-bond acceptors (Lipinski definition) is 3. The van der Waals surface area contributed by atoms with Crippen LogP contribution >= 0.6 is 0 Å². The van der Waals surface area contributed by atoms with Gasteiger partial charge in [-0.15, -0.1) is 0 Å². The minimum Gasteiger partial charge on any atom is -0.379 e. The molecule has 0 aromatic rings. The highest BCUT2D eigenvalue weighted by Crippen LogP contribution is 1.98. The third-order valence-electron chi connectivity index (χ3n) is 2.31. The van der Waals surface area contributed by atoms with Crippen molar-refractivity contribution in [1.82, 2.24) is 10.2 Å². The number of nitrogens with one attached hydrogen (secondary N) is 1. The fraction of sp³-hybridized carbons (Fsp3) is 0.909. The normalized spacial score (nSPS) is 19.8. The molecule has 0 bridgehead atoms. The summed E-state index contributed by atoms with van der Waals surface area (Å²) in [6.45, 7) is 11.6. The summed E-state index contributed by atoms with van der Waals surface area (Å²) in [5, 5.41) is 3.14. The summed E-state index contributed by atoms with van der Waals surface area (Å²) >= 11 is 0. The van der Waals surface area contributed by atoms with Gasteiger partial charge in [0.25, 0.3) is 0 Å². The van der Waals surface area contributed by atoms with Crippen LogP contribution in [0.1, 0.15) is 20.8 Å². The lowest BCUT2D eigenvalue weighted by atomic mass is 10.1. The summed E-state index contributed by atoms with van der Waals surface area (Å²) in [7, 11) is 0. The number of rotatable bonds is 3. The van der Waals surface area contributed by atoms with Crippen LogP contribution in [-0.2, 0) is 4.74 Å². The molecule has 1 rings (SSSR count). The highest BCUT2D eigenvalue weighted by Gasteiger charge is 2.11. The van der Waals surface area contributed by atoms with Crippen molar-refractivity contribution in [3.63, 3.8) is 0 Å². The van der Waals surface area contributed by atoms with Crippen molar-refractivity contribution < 1.29 is 4.74 Å². The minimum atomic E-state index is -0.0213. The van der Waals surface area contributed by atoms with Crippen LogP contribution in [0.3, 0.4) is 0 Å². The van der Waals surface area contributed by atoms with Crippen molar-refractivity contribution in [2.75, 3.05) is 39.4 Å². The summed E-state index contributed by atoms with van der Waals surface area (Å²) in [6.07, 6.45) is 0. The molecule has 1 heterocycles.